The van der Waals surface area contributed by atoms with Crippen molar-refractivity contribution >= 4 is 5.91 Å². The van der Waals surface area contributed by atoms with Crippen molar-refractivity contribution in [3.8, 4) is 0 Å². The molecule has 120 valence electrons. The Hall–Kier alpha value is -2.13. The van der Waals surface area contributed by atoms with E-state index in [1.54, 1.807) is 0 Å². The van der Waals surface area contributed by atoms with Gasteiger partial charge in [-0.2, -0.15) is 0 Å². The zero-order chi connectivity index (χ0) is 16.3. The Morgan fingerprint density at radius 1 is 1.09 bits per heavy atom. The van der Waals surface area contributed by atoms with Gasteiger partial charge in [0.15, 0.2) is 0 Å². The maximum atomic E-state index is 13.2. The summed E-state index contributed by atoms with van der Waals surface area (Å²) < 4.78 is 0. The number of hydrogen-bond acceptors (Lipinski definition) is 2. The zero-order valence-corrected chi connectivity index (χ0v) is 13.6. The van der Waals surface area contributed by atoms with E-state index < -0.39 is 0 Å². The molecule has 0 aliphatic carbocycles. The van der Waals surface area contributed by atoms with Crippen LogP contribution < -0.4 is 5.73 Å². The predicted molar refractivity (Wildman–Crippen MR) is 93.1 cm³/mol. The standard InChI is InChI=1S/C20H24N2O/c1-20(14-21)12-13-22(15-20)19(23)18(16-8-4-2-5-9-16)17-10-6-3-7-11-17/h2-11,18H,12-15,21H2,1H3. The lowest BCUT2D eigenvalue weighted by Crippen LogP contribution is -2.37. The number of carbonyl (C=O) groups excluding carboxylic acids is 1. The van der Waals surface area contributed by atoms with Crippen LogP contribution in [0.5, 0.6) is 0 Å². The smallest absolute Gasteiger partial charge is 0.234 e. The first-order valence-electron chi connectivity index (χ1n) is 8.22. The molecule has 3 rings (SSSR count). The van der Waals surface area contributed by atoms with Gasteiger partial charge in [0.1, 0.15) is 0 Å². The van der Waals surface area contributed by atoms with E-state index in [0.29, 0.717) is 6.54 Å². The van der Waals surface area contributed by atoms with E-state index in [2.05, 4.69) is 6.92 Å². The van der Waals surface area contributed by atoms with E-state index in [1.807, 2.05) is 65.6 Å². The van der Waals surface area contributed by atoms with Gasteiger partial charge in [0, 0.05) is 13.1 Å². The molecular weight excluding hydrogens is 284 g/mol. The Bertz CT molecular complexity index is 616. The van der Waals surface area contributed by atoms with Gasteiger partial charge in [-0.05, 0) is 29.5 Å². The fourth-order valence-corrected chi connectivity index (χ4v) is 3.33. The Morgan fingerprint density at radius 3 is 2.04 bits per heavy atom. The molecule has 2 aromatic rings. The molecule has 1 heterocycles. The second kappa shape index (κ2) is 6.55. The summed E-state index contributed by atoms with van der Waals surface area (Å²) >= 11 is 0. The minimum absolute atomic E-state index is 0.0492. The normalized spacial score (nSPS) is 20.9. The van der Waals surface area contributed by atoms with Crippen LogP contribution in [0.2, 0.25) is 0 Å². The maximum absolute atomic E-state index is 13.2. The number of likely N-dealkylation sites (tertiary alicyclic amines) is 1. The molecule has 2 aromatic carbocycles. The highest BCUT2D eigenvalue weighted by atomic mass is 16.2. The molecule has 1 unspecified atom stereocenters. The molecule has 0 bridgehead atoms. The van der Waals surface area contributed by atoms with Gasteiger partial charge in [0.25, 0.3) is 0 Å². The third-order valence-electron chi connectivity index (χ3n) is 4.88. The molecule has 1 fully saturated rings. The topological polar surface area (TPSA) is 46.3 Å². The first-order chi connectivity index (χ1) is 11.1. The van der Waals surface area contributed by atoms with Crippen molar-refractivity contribution in [1.82, 2.24) is 4.90 Å². The zero-order valence-electron chi connectivity index (χ0n) is 13.6. The van der Waals surface area contributed by atoms with Gasteiger partial charge >= 0.3 is 0 Å². The molecule has 3 nitrogen and oxygen atoms in total. The highest BCUT2D eigenvalue weighted by Gasteiger charge is 2.37. The summed E-state index contributed by atoms with van der Waals surface area (Å²) in [4.78, 5) is 15.2. The van der Waals surface area contributed by atoms with Crippen LogP contribution in [0.1, 0.15) is 30.4 Å². The SMILES string of the molecule is CC1(CN)CCN(C(=O)C(c2ccccc2)c2ccccc2)C1. The summed E-state index contributed by atoms with van der Waals surface area (Å²) in [6.45, 7) is 4.33. The molecule has 2 N–H and O–H groups in total. The van der Waals surface area contributed by atoms with E-state index in [-0.39, 0.29) is 17.2 Å². The van der Waals surface area contributed by atoms with Crippen molar-refractivity contribution in [1.29, 1.82) is 0 Å². The van der Waals surface area contributed by atoms with Gasteiger partial charge in [0.05, 0.1) is 5.92 Å². The fraction of sp³-hybridized carbons (Fsp3) is 0.350. The molecule has 0 radical (unpaired) electrons. The van der Waals surface area contributed by atoms with Crippen LogP contribution in [0.4, 0.5) is 0 Å². The highest BCUT2D eigenvalue weighted by molar-refractivity contribution is 5.87. The summed E-state index contributed by atoms with van der Waals surface area (Å²) in [6.07, 6.45) is 0.978. The number of amides is 1. The molecule has 1 aliphatic heterocycles. The lowest BCUT2D eigenvalue weighted by molar-refractivity contribution is -0.131. The first kappa shape index (κ1) is 15.8. The molecule has 1 atom stereocenters. The molecule has 1 amide bonds. The van der Waals surface area contributed by atoms with Crippen molar-refractivity contribution in [3.05, 3.63) is 71.8 Å². The molecule has 1 saturated heterocycles. The number of benzene rings is 2. The summed E-state index contributed by atoms with van der Waals surface area (Å²) in [5.74, 6) is -0.0582. The van der Waals surface area contributed by atoms with Crippen LogP contribution in [0.25, 0.3) is 0 Å². The van der Waals surface area contributed by atoms with Crippen molar-refractivity contribution in [3.63, 3.8) is 0 Å². The number of hydrogen-bond donors (Lipinski definition) is 1. The summed E-state index contributed by atoms with van der Waals surface area (Å²) in [7, 11) is 0. The first-order valence-corrected chi connectivity index (χ1v) is 8.22. The number of carbonyl (C=O) groups is 1. The van der Waals surface area contributed by atoms with E-state index in [1.165, 1.54) is 0 Å². The third-order valence-corrected chi connectivity index (χ3v) is 4.88. The Balaban J connectivity index is 1.92. The quantitative estimate of drug-likeness (QED) is 0.944. The maximum Gasteiger partial charge on any atom is 0.234 e. The van der Waals surface area contributed by atoms with Crippen LogP contribution in [0, 0.1) is 5.41 Å². The van der Waals surface area contributed by atoms with E-state index in [0.717, 1.165) is 30.6 Å². The molecule has 3 heteroatoms. The average molecular weight is 308 g/mol. The van der Waals surface area contributed by atoms with Crippen molar-refractivity contribution < 1.29 is 4.79 Å². The van der Waals surface area contributed by atoms with Gasteiger partial charge in [-0.3, -0.25) is 4.79 Å². The van der Waals surface area contributed by atoms with E-state index in [9.17, 15) is 4.79 Å². The van der Waals surface area contributed by atoms with Gasteiger partial charge in [-0.15, -0.1) is 0 Å². The molecule has 0 saturated carbocycles. The molecule has 23 heavy (non-hydrogen) atoms. The summed E-state index contributed by atoms with van der Waals surface area (Å²) in [5, 5.41) is 0. The van der Waals surface area contributed by atoms with Crippen LogP contribution in [0.3, 0.4) is 0 Å². The molecule has 0 spiro atoms. The lowest BCUT2D eigenvalue weighted by atomic mass is 9.89. The number of nitrogens with zero attached hydrogens (tertiary/aromatic N) is 1. The average Bonchev–Trinajstić information content (AvgIpc) is 3.00. The van der Waals surface area contributed by atoms with Crippen molar-refractivity contribution in [2.24, 2.45) is 11.1 Å². The molecular formula is C20H24N2O. The fourth-order valence-electron chi connectivity index (χ4n) is 3.33. The van der Waals surface area contributed by atoms with Crippen molar-refractivity contribution in [2.45, 2.75) is 19.3 Å². The van der Waals surface area contributed by atoms with Crippen LogP contribution >= 0.6 is 0 Å². The second-order valence-electron chi connectivity index (χ2n) is 6.78. The lowest BCUT2D eigenvalue weighted by Gasteiger charge is -2.26. The summed E-state index contributed by atoms with van der Waals surface area (Å²) in [5.41, 5.74) is 8.03. The minimum Gasteiger partial charge on any atom is -0.341 e. The van der Waals surface area contributed by atoms with Crippen LogP contribution in [-0.4, -0.2) is 30.4 Å². The van der Waals surface area contributed by atoms with Crippen LogP contribution in [0.15, 0.2) is 60.7 Å². The summed E-state index contributed by atoms with van der Waals surface area (Å²) in [6, 6.07) is 20.1. The van der Waals surface area contributed by atoms with Gasteiger partial charge in [0.2, 0.25) is 5.91 Å². The predicted octanol–water partition coefficient (Wildman–Crippen LogP) is 3.02. The second-order valence-corrected chi connectivity index (χ2v) is 6.78. The van der Waals surface area contributed by atoms with Crippen molar-refractivity contribution in [2.75, 3.05) is 19.6 Å². The van der Waals surface area contributed by atoms with E-state index >= 15 is 0 Å². The Labute approximate surface area is 138 Å². The Kier molecular flexibility index (Phi) is 4.49. The molecule has 0 aromatic heterocycles. The Morgan fingerprint density at radius 2 is 1.61 bits per heavy atom. The monoisotopic (exact) mass is 308 g/mol. The third kappa shape index (κ3) is 3.30. The highest BCUT2D eigenvalue weighted by Crippen LogP contribution is 2.33. The van der Waals surface area contributed by atoms with Gasteiger partial charge < -0.3 is 10.6 Å². The van der Waals surface area contributed by atoms with Gasteiger partial charge in [-0.1, -0.05) is 67.6 Å². The van der Waals surface area contributed by atoms with Gasteiger partial charge in [-0.25, -0.2) is 0 Å². The number of nitrogens with two attached hydrogens (primary N) is 1. The van der Waals surface area contributed by atoms with Crippen LogP contribution in [-0.2, 0) is 4.79 Å². The number of rotatable bonds is 4. The van der Waals surface area contributed by atoms with E-state index in [4.69, 9.17) is 5.73 Å². The minimum atomic E-state index is -0.238. The molecule has 1 aliphatic rings. The largest absolute Gasteiger partial charge is 0.341 e.